The molecule has 1 atom stereocenters. The molecule has 4 N–H and O–H groups in total. The molecule has 0 saturated heterocycles. The summed E-state index contributed by atoms with van der Waals surface area (Å²) >= 11 is 0. The van der Waals surface area contributed by atoms with Crippen LogP contribution in [0.15, 0.2) is 24.3 Å². The Balaban J connectivity index is 2.21. The minimum atomic E-state index is -0.830. The molecule has 0 bridgehead atoms. The third kappa shape index (κ3) is 2.62. The molecule has 1 unspecified atom stereocenters. The Morgan fingerprint density at radius 3 is 2.94 bits per heavy atom. The van der Waals surface area contributed by atoms with Gasteiger partial charge in [0.05, 0.1) is 7.11 Å². The van der Waals surface area contributed by atoms with Crippen molar-refractivity contribution in [3.8, 4) is 5.75 Å². The van der Waals surface area contributed by atoms with Gasteiger partial charge in [0.1, 0.15) is 5.75 Å². The van der Waals surface area contributed by atoms with E-state index in [1.54, 1.807) is 7.11 Å². The normalized spacial score (nSPS) is 12.6. The number of benzene rings is 1. The lowest BCUT2D eigenvalue weighted by atomic mass is 10.1. The number of H-pyrrole nitrogens is 1. The zero-order valence-corrected chi connectivity index (χ0v) is 10.1. The summed E-state index contributed by atoms with van der Waals surface area (Å²) in [5, 5.41) is 9.64. The summed E-state index contributed by atoms with van der Waals surface area (Å²) < 4.78 is 5.15. The average Bonchev–Trinajstić information content (AvgIpc) is 2.78. The lowest BCUT2D eigenvalue weighted by Gasteiger charge is -2.07. The van der Waals surface area contributed by atoms with E-state index in [-0.39, 0.29) is 12.5 Å². The summed E-state index contributed by atoms with van der Waals surface area (Å²) in [5.74, 6) is -0.0459. The van der Waals surface area contributed by atoms with Crippen LogP contribution in [0.25, 0.3) is 10.9 Å². The summed E-state index contributed by atoms with van der Waals surface area (Å²) in [7, 11) is 1.62. The summed E-state index contributed by atoms with van der Waals surface area (Å²) in [5.41, 5.74) is 7.77. The summed E-state index contributed by atoms with van der Waals surface area (Å²) in [6, 6.07) is 7.34. The van der Waals surface area contributed by atoms with Gasteiger partial charge in [-0.15, -0.1) is 0 Å². The lowest BCUT2D eigenvalue weighted by Crippen LogP contribution is -2.12. The zero-order chi connectivity index (χ0) is 13.1. The van der Waals surface area contributed by atoms with Gasteiger partial charge < -0.3 is 20.6 Å². The molecular formula is C13H16N2O3. The van der Waals surface area contributed by atoms with Gasteiger partial charge in [-0.2, -0.15) is 0 Å². The topological polar surface area (TPSA) is 88.3 Å². The van der Waals surface area contributed by atoms with Gasteiger partial charge in [0.15, 0.2) is 0 Å². The number of fused-ring (bicyclic) bond motifs is 1. The Morgan fingerprint density at radius 1 is 1.50 bits per heavy atom. The fourth-order valence-corrected chi connectivity index (χ4v) is 1.89. The smallest absolute Gasteiger partial charge is 0.303 e. The largest absolute Gasteiger partial charge is 0.497 e. The van der Waals surface area contributed by atoms with Gasteiger partial charge in [-0.05, 0) is 30.7 Å². The predicted octanol–water partition coefficient (Wildman–Crippen LogP) is 2.04. The van der Waals surface area contributed by atoms with E-state index < -0.39 is 5.97 Å². The molecule has 1 aromatic carbocycles. The maximum atomic E-state index is 10.5. The SMILES string of the molecule is COc1ccc2[nH]c(C(N)CCC(=O)O)cc2c1. The van der Waals surface area contributed by atoms with E-state index in [1.807, 2.05) is 24.3 Å². The molecule has 0 radical (unpaired) electrons. The van der Waals surface area contributed by atoms with Crippen LogP contribution in [0, 0.1) is 0 Å². The van der Waals surface area contributed by atoms with Crippen LogP contribution < -0.4 is 10.5 Å². The highest BCUT2D eigenvalue weighted by Crippen LogP contribution is 2.24. The number of hydrogen-bond acceptors (Lipinski definition) is 3. The van der Waals surface area contributed by atoms with Crippen molar-refractivity contribution in [2.45, 2.75) is 18.9 Å². The number of aliphatic carboxylic acids is 1. The highest BCUT2D eigenvalue weighted by Gasteiger charge is 2.11. The average molecular weight is 248 g/mol. The Labute approximate surface area is 105 Å². The number of nitrogens with two attached hydrogens (primary N) is 1. The first-order chi connectivity index (χ1) is 8.60. The molecule has 0 aliphatic heterocycles. The van der Waals surface area contributed by atoms with Gasteiger partial charge in [-0.3, -0.25) is 4.79 Å². The molecule has 0 amide bonds. The quantitative estimate of drug-likeness (QED) is 0.755. The first-order valence-corrected chi connectivity index (χ1v) is 5.74. The van der Waals surface area contributed by atoms with E-state index >= 15 is 0 Å². The number of aromatic nitrogens is 1. The lowest BCUT2D eigenvalue weighted by molar-refractivity contribution is -0.137. The molecule has 2 aromatic rings. The molecule has 5 nitrogen and oxygen atoms in total. The number of carboxylic acid groups (broad SMARTS) is 1. The first kappa shape index (κ1) is 12.4. The zero-order valence-electron chi connectivity index (χ0n) is 10.1. The Hall–Kier alpha value is -2.01. The van der Waals surface area contributed by atoms with Crippen LogP contribution in [0.2, 0.25) is 0 Å². The first-order valence-electron chi connectivity index (χ1n) is 5.74. The molecular weight excluding hydrogens is 232 g/mol. The van der Waals surface area contributed by atoms with Crippen LogP contribution in [0.4, 0.5) is 0 Å². The molecule has 0 aliphatic carbocycles. The van der Waals surface area contributed by atoms with Gasteiger partial charge in [-0.1, -0.05) is 0 Å². The van der Waals surface area contributed by atoms with Crippen LogP contribution in [-0.4, -0.2) is 23.2 Å². The van der Waals surface area contributed by atoms with Gasteiger partial charge in [0, 0.05) is 29.1 Å². The molecule has 5 heteroatoms. The van der Waals surface area contributed by atoms with Crippen molar-refractivity contribution >= 4 is 16.9 Å². The Kier molecular flexibility index (Phi) is 3.53. The van der Waals surface area contributed by atoms with Crippen LogP contribution in [0.5, 0.6) is 5.75 Å². The van der Waals surface area contributed by atoms with Crippen molar-refractivity contribution in [1.82, 2.24) is 4.98 Å². The Bertz CT molecular complexity index is 562. The number of rotatable bonds is 5. The molecule has 18 heavy (non-hydrogen) atoms. The van der Waals surface area contributed by atoms with Gasteiger partial charge in [-0.25, -0.2) is 0 Å². The summed E-state index contributed by atoms with van der Waals surface area (Å²) in [4.78, 5) is 13.7. The summed E-state index contributed by atoms with van der Waals surface area (Å²) in [6.07, 6.45) is 0.485. The van der Waals surface area contributed by atoms with Crippen molar-refractivity contribution in [2.24, 2.45) is 5.73 Å². The van der Waals surface area contributed by atoms with Crippen LogP contribution >= 0.6 is 0 Å². The second kappa shape index (κ2) is 5.10. The number of aromatic amines is 1. The van der Waals surface area contributed by atoms with Gasteiger partial charge in [0.2, 0.25) is 0 Å². The minimum Gasteiger partial charge on any atom is -0.497 e. The van der Waals surface area contributed by atoms with Gasteiger partial charge >= 0.3 is 5.97 Å². The standard InChI is InChI=1S/C13H16N2O3/c1-18-9-2-4-11-8(6-9)7-12(15-11)10(14)3-5-13(16)17/h2,4,6-7,10,15H,3,5,14H2,1H3,(H,16,17). The van der Waals surface area contributed by atoms with Crippen molar-refractivity contribution in [3.63, 3.8) is 0 Å². The van der Waals surface area contributed by atoms with Crippen LogP contribution in [0.3, 0.4) is 0 Å². The Morgan fingerprint density at radius 2 is 2.28 bits per heavy atom. The van der Waals surface area contributed by atoms with Crippen molar-refractivity contribution in [1.29, 1.82) is 0 Å². The third-order valence-electron chi connectivity index (χ3n) is 2.92. The molecule has 1 heterocycles. The number of hydrogen-bond donors (Lipinski definition) is 3. The molecule has 0 spiro atoms. The third-order valence-corrected chi connectivity index (χ3v) is 2.92. The molecule has 0 saturated carbocycles. The fourth-order valence-electron chi connectivity index (χ4n) is 1.89. The van der Waals surface area contributed by atoms with Crippen molar-refractivity contribution in [3.05, 3.63) is 30.0 Å². The number of methoxy groups -OCH3 is 1. The number of ether oxygens (including phenoxy) is 1. The molecule has 96 valence electrons. The highest BCUT2D eigenvalue weighted by molar-refractivity contribution is 5.82. The molecule has 0 aliphatic rings. The maximum absolute atomic E-state index is 10.5. The van der Waals surface area contributed by atoms with Crippen molar-refractivity contribution < 1.29 is 14.6 Å². The second-order valence-corrected chi connectivity index (χ2v) is 4.22. The van der Waals surface area contributed by atoms with E-state index in [0.717, 1.165) is 22.3 Å². The number of carboxylic acids is 1. The van der Waals surface area contributed by atoms with E-state index in [4.69, 9.17) is 15.6 Å². The summed E-state index contributed by atoms with van der Waals surface area (Å²) in [6.45, 7) is 0. The highest BCUT2D eigenvalue weighted by atomic mass is 16.5. The van der Waals surface area contributed by atoms with Crippen molar-refractivity contribution in [2.75, 3.05) is 7.11 Å². The molecule has 2 rings (SSSR count). The van der Waals surface area contributed by atoms with Crippen LogP contribution in [0.1, 0.15) is 24.6 Å². The van der Waals surface area contributed by atoms with Gasteiger partial charge in [0.25, 0.3) is 0 Å². The molecule has 1 aromatic heterocycles. The minimum absolute atomic E-state index is 0.0693. The predicted molar refractivity (Wildman–Crippen MR) is 68.6 cm³/mol. The number of nitrogens with one attached hydrogen (secondary N) is 1. The van der Waals surface area contributed by atoms with E-state index in [0.29, 0.717) is 6.42 Å². The van der Waals surface area contributed by atoms with E-state index in [1.165, 1.54) is 0 Å². The number of carbonyl (C=O) groups is 1. The van der Waals surface area contributed by atoms with E-state index in [2.05, 4.69) is 4.98 Å². The second-order valence-electron chi connectivity index (χ2n) is 4.22. The monoisotopic (exact) mass is 248 g/mol. The molecule has 0 fully saturated rings. The van der Waals surface area contributed by atoms with E-state index in [9.17, 15) is 4.79 Å². The maximum Gasteiger partial charge on any atom is 0.303 e. The van der Waals surface area contributed by atoms with Crippen LogP contribution in [-0.2, 0) is 4.79 Å². The fraction of sp³-hybridized carbons (Fsp3) is 0.308.